The zero-order valence-electron chi connectivity index (χ0n) is 20.8. The summed E-state index contributed by atoms with van der Waals surface area (Å²) in [5.41, 5.74) is 0.779. The molecule has 39 heavy (non-hydrogen) atoms. The van der Waals surface area contributed by atoms with Crippen LogP contribution in [0.15, 0.2) is 77.5 Å². The maximum Gasteiger partial charge on any atom is 0.328 e. The van der Waals surface area contributed by atoms with Gasteiger partial charge in [0, 0.05) is 23.7 Å². The van der Waals surface area contributed by atoms with Gasteiger partial charge in [0.15, 0.2) is 11.3 Å². The summed E-state index contributed by atoms with van der Waals surface area (Å²) in [7, 11) is 1.62. The summed E-state index contributed by atoms with van der Waals surface area (Å²) in [5, 5.41) is 4.41. The molecule has 196 valence electrons. The molecule has 11 heteroatoms. The molecule has 4 heterocycles. The third kappa shape index (κ3) is 4.33. The first-order valence-electron chi connectivity index (χ1n) is 12.3. The Morgan fingerprint density at radius 2 is 1.54 bits per heavy atom. The van der Waals surface area contributed by atoms with Crippen molar-refractivity contribution in [2.75, 3.05) is 18.6 Å². The Labute approximate surface area is 222 Å². The van der Waals surface area contributed by atoms with Gasteiger partial charge >= 0.3 is 6.03 Å². The molecule has 11 nitrogen and oxygen atoms in total. The second-order valence-corrected chi connectivity index (χ2v) is 9.09. The quantitative estimate of drug-likeness (QED) is 0.359. The minimum atomic E-state index is -1.47. The summed E-state index contributed by atoms with van der Waals surface area (Å²) in [6.45, 7) is 0.472. The number of imide groups is 2. The highest BCUT2D eigenvalue weighted by molar-refractivity contribution is 6.24. The van der Waals surface area contributed by atoms with Gasteiger partial charge in [-0.25, -0.2) is 14.8 Å². The minimum absolute atomic E-state index is 0.300. The molecule has 4 amide bonds. The Hall–Kier alpha value is -5.19. The molecule has 2 saturated heterocycles. The van der Waals surface area contributed by atoms with E-state index in [1.165, 1.54) is 0 Å². The number of carbonyl (C=O) groups is 3. The maximum atomic E-state index is 12.7. The molecular weight excluding hydrogens is 502 g/mol. The number of carbonyl (C=O) groups excluding carboxylic acids is 3. The van der Waals surface area contributed by atoms with E-state index < -0.39 is 23.4 Å². The number of hydrogen-bond donors (Lipinski definition) is 2. The molecule has 6 rings (SSSR count). The number of anilines is 1. The van der Waals surface area contributed by atoms with E-state index in [0.29, 0.717) is 48.4 Å². The van der Waals surface area contributed by atoms with Crippen LogP contribution < -0.4 is 25.0 Å². The van der Waals surface area contributed by atoms with Gasteiger partial charge in [-0.1, -0.05) is 0 Å². The number of pyridine rings is 1. The number of methoxy groups -OCH3 is 1. The number of amides is 4. The van der Waals surface area contributed by atoms with E-state index in [2.05, 4.69) is 20.6 Å². The third-order valence-electron chi connectivity index (χ3n) is 6.82. The van der Waals surface area contributed by atoms with E-state index in [9.17, 15) is 14.4 Å². The van der Waals surface area contributed by atoms with Crippen LogP contribution in [0.4, 0.5) is 10.5 Å². The molecule has 2 N–H and O–H groups in total. The van der Waals surface area contributed by atoms with Crippen LogP contribution in [0.1, 0.15) is 12.8 Å². The predicted molar refractivity (Wildman–Crippen MR) is 139 cm³/mol. The summed E-state index contributed by atoms with van der Waals surface area (Å²) >= 11 is 0. The van der Waals surface area contributed by atoms with E-state index in [0.717, 1.165) is 16.9 Å². The Kier molecular flexibility index (Phi) is 5.95. The molecule has 2 aromatic carbocycles. The number of benzene rings is 2. The molecule has 0 aliphatic carbocycles. The van der Waals surface area contributed by atoms with Crippen molar-refractivity contribution in [3.05, 3.63) is 73.1 Å². The predicted octanol–water partition coefficient (Wildman–Crippen LogP) is 3.91. The van der Waals surface area contributed by atoms with Crippen LogP contribution in [0.3, 0.4) is 0 Å². The average molecular weight is 526 g/mol. The van der Waals surface area contributed by atoms with Crippen molar-refractivity contribution >= 4 is 23.5 Å². The molecule has 0 atom stereocenters. The highest BCUT2D eigenvalue weighted by Crippen LogP contribution is 2.36. The minimum Gasteiger partial charge on any atom is -0.497 e. The number of nitrogens with zero attached hydrogens (tertiary/aromatic N) is 3. The summed E-state index contributed by atoms with van der Waals surface area (Å²) < 4.78 is 17.0. The standard InChI is InChI=1S/C28H23N5O6/c1-37-20-8-3-17(4-9-20)22-16-30-24(39-22)18-5-10-21(11-6-18)38-23-12-7-19(15-29-23)33-14-2-13-28(33)25(34)31-27(36)32-26(28)35/h3-12,15-16H,2,13-14H2,1H3,(H2,31,32,34,35,36). The van der Waals surface area contributed by atoms with Crippen molar-refractivity contribution in [2.45, 2.75) is 18.4 Å². The highest BCUT2D eigenvalue weighted by Gasteiger charge is 2.57. The summed E-state index contributed by atoms with van der Waals surface area (Å²) in [5.74, 6) is 1.53. The van der Waals surface area contributed by atoms with E-state index in [4.69, 9.17) is 13.9 Å². The van der Waals surface area contributed by atoms with Crippen molar-refractivity contribution in [1.29, 1.82) is 0 Å². The summed E-state index contributed by atoms with van der Waals surface area (Å²) in [4.78, 5) is 47.3. The van der Waals surface area contributed by atoms with E-state index in [-0.39, 0.29) is 0 Å². The van der Waals surface area contributed by atoms with Crippen molar-refractivity contribution in [3.63, 3.8) is 0 Å². The van der Waals surface area contributed by atoms with Crippen LogP contribution in [-0.4, -0.2) is 47.0 Å². The van der Waals surface area contributed by atoms with Gasteiger partial charge in [-0.3, -0.25) is 20.2 Å². The molecule has 2 aromatic heterocycles. The van der Waals surface area contributed by atoms with Crippen molar-refractivity contribution < 1.29 is 28.3 Å². The van der Waals surface area contributed by atoms with Gasteiger partial charge in [0.1, 0.15) is 11.5 Å². The second-order valence-electron chi connectivity index (χ2n) is 9.09. The lowest BCUT2D eigenvalue weighted by molar-refractivity contribution is -0.137. The fourth-order valence-electron chi connectivity index (χ4n) is 4.86. The van der Waals surface area contributed by atoms with Crippen LogP contribution in [0.5, 0.6) is 17.4 Å². The van der Waals surface area contributed by atoms with Crippen LogP contribution in [0, 0.1) is 0 Å². The molecule has 0 radical (unpaired) electrons. The Balaban J connectivity index is 1.14. The molecule has 4 aromatic rings. The number of ether oxygens (including phenoxy) is 2. The van der Waals surface area contributed by atoms with Crippen molar-refractivity contribution in [3.8, 4) is 40.2 Å². The highest BCUT2D eigenvalue weighted by atomic mass is 16.5. The lowest BCUT2D eigenvalue weighted by atomic mass is 9.92. The molecule has 2 aliphatic rings. The maximum absolute atomic E-state index is 12.7. The number of barbiturate groups is 1. The zero-order valence-corrected chi connectivity index (χ0v) is 20.8. The molecule has 0 bridgehead atoms. The fraction of sp³-hybridized carbons (Fsp3) is 0.179. The zero-order chi connectivity index (χ0) is 27.0. The Morgan fingerprint density at radius 3 is 2.21 bits per heavy atom. The lowest BCUT2D eigenvalue weighted by Gasteiger charge is -2.38. The molecule has 2 fully saturated rings. The number of nitrogens with one attached hydrogen (secondary N) is 2. The lowest BCUT2D eigenvalue weighted by Crippen LogP contribution is -2.71. The molecule has 0 unspecified atom stereocenters. The van der Waals surface area contributed by atoms with Gasteiger partial charge in [0.25, 0.3) is 11.8 Å². The summed E-state index contributed by atoms with van der Waals surface area (Å²) in [6, 6.07) is 17.3. The number of oxazole rings is 1. The van der Waals surface area contributed by atoms with E-state index >= 15 is 0 Å². The van der Waals surface area contributed by atoms with E-state index in [1.54, 1.807) is 48.7 Å². The summed E-state index contributed by atoms with van der Waals surface area (Å²) in [6.07, 6.45) is 4.14. The third-order valence-corrected chi connectivity index (χ3v) is 6.82. The monoisotopic (exact) mass is 525 g/mol. The second kappa shape index (κ2) is 9.60. The van der Waals surface area contributed by atoms with Gasteiger partial charge in [0.05, 0.1) is 25.2 Å². The number of rotatable bonds is 6. The topological polar surface area (TPSA) is 136 Å². The van der Waals surface area contributed by atoms with Crippen molar-refractivity contribution in [1.82, 2.24) is 20.6 Å². The van der Waals surface area contributed by atoms with Gasteiger partial charge in [-0.05, 0) is 67.4 Å². The van der Waals surface area contributed by atoms with Crippen LogP contribution in [-0.2, 0) is 9.59 Å². The van der Waals surface area contributed by atoms with Gasteiger partial charge in [0.2, 0.25) is 11.8 Å². The number of urea groups is 1. The molecule has 0 saturated carbocycles. The van der Waals surface area contributed by atoms with Crippen LogP contribution in [0.25, 0.3) is 22.8 Å². The number of hydrogen-bond acceptors (Lipinski definition) is 9. The van der Waals surface area contributed by atoms with Crippen LogP contribution >= 0.6 is 0 Å². The Bertz CT molecular complexity index is 1530. The molecule has 2 aliphatic heterocycles. The van der Waals surface area contributed by atoms with E-state index in [1.807, 2.05) is 36.4 Å². The van der Waals surface area contributed by atoms with Crippen LogP contribution in [0.2, 0.25) is 0 Å². The van der Waals surface area contributed by atoms with Gasteiger partial charge < -0.3 is 18.8 Å². The first kappa shape index (κ1) is 24.2. The Morgan fingerprint density at radius 1 is 0.846 bits per heavy atom. The fourth-order valence-corrected chi connectivity index (χ4v) is 4.86. The van der Waals surface area contributed by atoms with Gasteiger partial charge in [-0.15, -0.1) is 0 Å². The first-order valence-corrected chi connectivity index (χ1v) is 12.3. The largest absolute Gasteiger partial charge is 0.497 e. The smallest absolute Gasteiger partial charge is 0.328 e. The average Bonchev–Trinajstić information content (AvgIpc) is 3.62. The first-order chi connectivity index (χ1) is 19.0. The normalized spacial score (nSPS) is 16.2. The van der Waals surface area contributed by atoms with Gasteiger partial charge in [-0.2, -0.15) is 0 Å². The number of aromatic nitrogens is 2. The van der Waals surface area contributed by atoms with Crippen molar-refractivity contribution in [2.24, 2.45) is 0 Å². The molecular formula is C28H23N5O6. The SMILES string of the molecule is COc1ccc(-c2cnc(-c3ccc(Oc4ccc(N5CCCC56C(=O)NC(=O)NC6=O)cn4)cc3)o2)cc1. The molecule has 1 spiro atoms.